The molecule has 0 unspecified atom stereocenters. The molecule has 0 saturated carbocycles. The van der Waals surface area contributed by atoms with E-state index < -0.39 is 5.97 Å². The van der Waals surface area contributed by atoms with Crippen LogP contribution in [0.1, 0.15) is 23.7 Å². The number of para-hydroxylation sites is 1. The minimum absolute atomic E-state index is 0.167. The Hall–Kier alpha value is -2.67. The summed E-state index contributed by atoms with van der Waals surface area (Å²) < 4.78 is 15.8. The van der Waals surface area contributed by atoms with Gasteiger partial charge in [0.25, 0.3) is 5.91 Å². The van der Waals surface area contributed by atoms with E-state index in [4.69, 9.17) is 14.2 Å². The van der Waals surface area contributed by atoms with Crippen LogP contribution in [0.3, 0.4) is 0 Å². The number of methoxy groups -OCH3 is 2. The van der Waals surface area contributed by atoms with Crippen molar-refractivity contribution < 1.29 is 23.8 Å². The van der Waals surface area contributed by atoms with Crippen LogP contribution < -0.4 is 14.4 Å². The molecule has 0 fully saturated rings. The van der Waals surface area contributed by atoms with Gasteiger partial charge in [-0.1, -0.05) is 25.1 Å². The lowest BCUT2D eigenvalue weighted by Crippen LogP contribution is -2.35. The number of carbonyl (C=O) groups excluding carboxylic acids is 2. The Morgan fingerprint density at radius 1 is 1.07 bits per heavy atom. The molecule has 3 rings (SSSR count). The van der Waals surface area contributed by atoms with Gasteiger partial charge in [-0.15, -0.1) is 11.8 Å². The van der Waals surface area contributed by atoms with Gasteiger partial charge in [-0.2, -0.15) is 0 Å². The predicted octanol–water partition coefficient (Wildman–Crippen LogP) is 3.78. The van der Waals surface area contributed by atoms with Crippen LogP contribution >= 0.6 is 11.8 Å². The second-order valence-corrected chi connectivity index (χ2v) is 7.82. The van der Waals surface area contributed by atoms with Gasteiger partial charge in [-0.05, 0) is 30.7 Å². The summed E-state index contributed by atoms with van der Waals surface area (Å²) >= 11 is 1.75. The summed E-state index contributed by atoms with van der Waals surface area (Å²) in [6, 6.07) is 12.8. The number of hydrogen-bond acceptors (Lipinski definition) is 6. The first-order valence-corrected chi connectivity index (χ1v) is 9.87. The van der Waals surface area contributed by atoms with Crippen molar-refractivity contribution in [2.24, 2.45) is 0 Å². The van der Waals surface area contributed by atoms with E-state index >= 15 is 0 Å². The van der Waals surface area contributed by atoms with Gasteiger partial charge >= 0.3 is 5.97 Å². The van der Waals surface area contributed by atoms with Gasteiger partial charge in [0.1, 0.15) is 17.1 Å². The summed E-state index contributed by atoms with van der Waals surface area (Å²) in [5.74, 6) is -0.248. The number of anilines is 1. The van der Waals surface area contributed by atoms with Gasteiger partial charge < -0.3 is 19.1 Å². The lowest BCUT2D eigenvalue weighted by atomic mass is 10.2. The zero-order valence-corrected chi connectivity index (χ0v) is 17.0. The quantitative estimate of drug-likeness (QED) is 0.711. The molecule has 0 N–H and O–H groups in total. The fourth-order valence-corrected chi connectivity index (χ4v) is 4.19. The SMILES string of the molecule is COc1cccc(OC)c1C(=O)OCC(=O)N1CC[C@@H](C)Sc2ccccc21. The molecule has 148 valence electrons. The number of hydrogen-bond donors (Lipinski definition) is 0. The molecule has 0 radical (unpaired) electrons. The molecule has 0 spiro atoms. The summed E-state index contributed by atoms with van der Waals surface area (Å²) in [6.45, 7) is 2.37. The fraction of sp³-hybridized carbons (Fsp3) is 0.333. The van der Waals surface area contributed by atoms with Gasteiger partial charge in [-0.3, -0.25) is 4.79 Å². The van der Waals surface area contributed by atoms with Crippen LogP contribution in [-0.2, 0) is 9.53 Å². The Kier molecular flexibility index (Phi) is 6.46. The summed E-state index contributed by atoms with van der Waals surface area (Å²) in [4.78, 5) is 28.2. The van der Waals surface area contributed by atoms with Gasteiger partial charge in [0.05, 0.1) is 19.9 Å². The number of carbonyl (C=O) groups is 2. The van der Waals surface area contributed by atoms with Crippen molar-refractivity contribution in [2.45, 2.75) is 23.5 Å². The van der Waals surface area contributed by atoms with Crippen LogP contribution in [0.15, 0.2) is 47.4 Å². The van der Waals surface area contributed by atoms with E-state index in [9.17, 15) is 9.59 Å². The zero-order valence-electron chi connectivity index (χ0n) is 16.1. The standard InChI is InChI=1S/C21H23NO5S/c1-14-11-12-22(15-7-4-5-10-18(15)28-14)19(23)13-27-21(24)20-16(25-2)8-6-9-17(20)26-3/h4-10,14H,11-13H2,1-3H3/t14-/m1/s1. The van der Waals surface area contributed by atoms with Crippen molar-refractivity contribution in [3.63, 3.8) is 0 Å². The van der Waals surface area contributed by atoms with Gasteiger partial charge in [0, 0.05) is 16.7 Å². The number of amides is 1. The molecule has 6 nitrogen and oxygen atoms in total. The van der Waals surface area contributed by atoms with E-state index in [-0.39, 0.29) is 18.1 Å². The average molecular weight is 401 g/mol. The molecule has 2 aromatic carbocycles. The molecule has 1 aliphatic heterocycles. The number of ether oxygens (including phenoxy) is 3. The lowest BCUT2D eigenvalue weighted by molar-refractivity contribution is -0.121. The molecule has 0 aliphatic carbocycles. The summed E-state index contributed by atoms with van der Waals surface area (Å²) in [7, 11) is 2.92. The van der Waals surface area contributed by atoms with E-state index in [0.29, 0.717) is 23.3 Å². The first-order chi connectivity index (χ1) is 13.5. The third kappa shape index (κ3) is 4.25. The van der Waals surface area contributed by atoms with Crippen LogP contribution in [0.2, 0.25) is 0 Å². The molecule has 1 amide bonds. The fourth-order valence-electron chi connectivity index (χ4n) is 3.08. The molecule has 28 heavy (non-hydrogen) atoms. The highest BCUT2D eigenvalue weighted by molar-refractivity contribution is 8.00. The predicted molar refractivity (Wildman–Crippen MR) is 109 cm³/mol. The van der Waals surface area contributed by atoms with Crippen LogP contribution in [0.4, 0.5) is 5.69 Å². The smallest absolute Gasteiger partial charge is 0.346 e. The molecule has 2 aromatic rings. The van der Waals surface area contributed by atoms with Crippen molar-refractivity contribution in [3.05, 3.63) is 48.0 Å². The number of rotatable bonds is 5. The highest BCUT2D eigenvalue weighted by atomic mass is 32.2. The number of benzene rings is 2. The molecule has 1 aliphatic rings. The lowest BCUT2D eigenvalue weighted by Gasteiger charge is -2.22. The molecule has 0 bridgehead atoms. The van der Waals surface area contributed by atoms with Crippen LogP contribution in [0.25, 0.3) is 0 Å². The van der Waals surface area contributed by atoms with Gasteiger partial charge in [0.2, 0.25) is 0 Å². The van der Waals surface area contributed by atoms with Crippen molar-refractivity contribution >= 4 is 29.3 Å². The van der Waals surface area contributed by atoms with Crippen molar-refractivity contribution in [1.29, 1.82) is 0 Å². The summed E-state index contributed by atoms with van der Waals surface area (Å²) in [5, 5.41) is 0.402. The maximum absolute atomic E-state index is 12.8. The van der Waals surface area contributed by atoms with Crippen LogP contribution in [0.5, 0.6) is 11.5 Å². The third-order valence-electron chi connectivity index (χ3n) is 4.50. The maximum atomic E-state index is 12.8. The average Bonchev–Trinajstić information content (AvgIpc) is 2.89. The summed E-state index contributed by atoms with van der Waals surface area (Å²) in [6.07, 6.45) is 0.860. The maximum Gasteiger partial charge on any atom is 0.346 e. The Morgan fingerprint density at radius 3 is 2.43 bits per heavy atom. The largest absolute Gasteiger partial charge is 0.496 e. The second-order valence-electron chi connectivity index (χ2n) is 6.34. The number of nitrogens with zero attached hydrogens (tertiary/aromatic N) is 1. The van der Waals surface area contributed by atoms with Crippen LogP contribution in [-0.4, -0.2) is 44.5 Å². The molecular weight excluding hydrogens is 378 g/mol. The monoisotopic (exact) mass is 401 g/mol. The van der Waals surface area contributed by atoms with E-state index in [0.717, 1.165) is 17.0 Å². The van der Waals surface area contributed by atoms with Gasteiger partial charge in [-0.25, -0.2) is 4.79 Å². The molecule has 7 heteroatoms. The van der Waals surface area contributed by atoms with Crippen molar-refractivity contribution in [2.75, 3.05) is 32.3 Å². The zero-order chi connectivity index (χ0) is 20.1. The van der Waals surface area contributed by atoms with Crippen molar-refractivity contribution in [1.82, 2.24) is 0 Å². The molecule has 0 aromatic heterocycles. The Morgan fingerprint density at radius 2 is 1.75 bits per heavy atom. The molecule has 1 heterocycles. The van der Waals surface area contributed by atoms with E-state index in [1.807, 2.05) is 24.3 Å². The van der Waals surface area contributed by atoms with E-state index in [2.05, 4.69) is 6.92 Å². The first-order valence-electron chi connectivity index (χ1n) is 8.99. The highest BCUT2D eigenvalue weighted by Gasteiger charge is 2.26. The van der Waals surface area contributed by atoms with Crippen molar-refractivity contribution in [3.8, 4) is 11.5 Å². The Labute approximate surface area is 168 Å². The Bertz CT molecular complexity index is 847. The Balaban J connectivity index is 1.75. The number of thioether (sulfide) groups is 1. The van der Waals surface area contributed by atoms with E-state index in [1.165, 1.54) is 14.2 Å². The third-order valence-corrected chi connectivity index (χ3v) is 5.74. The number of fused-ring (bicyclic) bond motifs is 1. The molecule has 0 saturated heterocycles. The topological polar surface area (TPSA) is 65.1 Å². The normalized spacial score (nSPS) is 16.0. The van der Waals surface area contributed by atoms with E-state index in [1.54, 1.807) is 34.9 Å². The highest BCUT2D eigenvalue weighted by Crippen LogP contribution is 2.37. The second kappa shape index (κ2) is 9.01. The van der Waals surface area contributed by atoms with Crippen LogP contribution in [0, 0.1) is 0 Å². The molecular formula is C21H23NO5S. The molecule has 1 atom stereocenters. The van der Waals surface area contributed by atoms with Gasteiger partial charge in [0.15, 0.2) is 6.61 Å². The summed E-state index contributed by atoms with van der Waals surface area (Å²) in [5.41, 5.74) is 1.02. The first kappa shape index (κ1) is 20.1. The minimum atomic E-state index is -0.659. The minimum Gasteiger partial charge on any atom is -0.496 e. The number of esters is 1.